The first-order chi connectivity index (χ1) is 15.3. The summed E-state index contributed by atoms with van der Waals surface area (Å²) in [5.41, 5.74) is -0.243. The molecule has 0 saturated carbocycles. The van der Waals surface area contributed by atoms with Gasteiger partial charge in [-0.1, -0.05) is 51.2 Å². The molecule has 5 atom stereocenters. The largest absolute Gasteiger partial charge is 0.479 e. The van der Waals surface area contributed by atoms with Crippen molar-refractivity contribution in [3.05, 3.63) is 35.4 Å². The van der Waals surface area contributed by atoms with E-state index in [4.69, 9.17) is 19.3 Å². The van der Waals surface area contributed by atoms with Crippen LogP contribution in [0.4, 0.5) is 0 Å². The number of esters is 2. The normalized spacial score (nSPS) is 25.2. The summed E-state index contributed by atoms with van der Waals surface area (Å²) in [5.74, 6) is -3.42. The van der Waals surface area contributed by atoms with Crippen molar-refractivity contribution in [3.8, 4) is 0 Å². The lowest BCUT2D eigenvalue weighted by Crippen LogP contribution is -2.60. The number of ether oxygens (including phenoxy) is 3. The summed E-state index contributed by atoms with van der Waals surface area (Å²) in [6.45, 7) is 2.32. The number of rotatable bonds is 11. The average molecular weight is 454 g/mol. The van der Waals surface area contributed by atoms with Crippen LogP contribution in [0.15, 0.2) is 24.3 Å². The van der Waals surface area contributed by atoms with Crippen molar-refractivity contribution in [3.63, 3.8) is 0 Å². The van der Waals surface area contributed by atoms with Crippen molar-refractivity contribution in [1.82, 2.24) is 0 Å². The molecule has 1 aromatic carbocycles. The molecule has 1 fully saturated rings. The number of aliphatic hydroxyl groups excluding tert-OH is 3. The van der Waals surface area contributed by atoms with E-state index >= 15 is 0 Å². The van der Waals surface area contributed by atoms with Gasteiger partial charge in [-0.3, -0.25) is 0 Å². The van der Waals surface area contributed by atoms with Crippen LogP contribution in [-0.4, -0.2) is 75.6 Å². The van der Waals surface area contributed by atoms with Gasteiger partial charge < -0.3 is 34.6 Å². The molecule has 0 unspecified atom stereocenters. The van der Waals surface area contributed by atoms with Gasteiger partial charge in [-0.2, -0.15) is 0 Å². The van der Waals surface area contributed by atoms with Crippen LogP contribution in [0, 0.1) is 0 Å². The zero-order chi connectivity index (χ0) is 23.7. The number of aliphatic carboxylic acids is 1. The van der Waals surface area contributed by atoms with Crippen LogP contribution < -0.4 is 0 Å². The molecule has 1 saturated heterocycles. The molecule has 0 amide bonds. The lowest BCUT2D eigenvalue weighted by Gasteiger charge is -2.37. The van der Waals surface area contributed by atoms with Gasteiger partial charge in [0.1, 0.15) is 18.3 Å². The number of hydrogen-bond acceptors (Lipinski definition) is 9. The highest BCUT2D eigenvalue weighted by molar-refractivity contribution is 6.03. The van der Waals surface area contributed by atoms with E-state index in [1.807, 2.05) is 0 Å². The van der Waals surface area contributed by atoms with Crippen LogP contribution in [0.3, 0.4) is 0 Å². The highest BCUT2D eigenvalue weighted by Gasteiger charge is 2.48. The van der Waals surface area contributed by atoms with E-state index in [0.29, 0.717) is 6.42 Å². The standard InChI is InChI=1S/C22H30O10/c1-2-3-4-5-6-9-12-30-20(28)13-10-7-8-11-14(13)21(29)32-22-17(25)15(23)16(24)18(31-22)19(26)27/h7-8,10-11,15-18,22-25H,2-6,9,12H2,1H3,(H,26,27)/t15-,16-,17+,18-,22-/m0/s1. The molecule has 10 nitrogen and oxygen atoms in total. The van der Waals surface area contributed by atoms with Crippen molar-refractivity contribution in [2.75, 3.05) is 6.61 Å². The monoisotopic (exact) mass is 454 g/mol. The summed E-state index contributed by atoms with van der Waals surface area (Å²) < 4.78 is 15.2. The fourth-order valence-electron chi connectivity index (χ4n) is 3.28. The predicted octanol–water partition coefficient (Wildman–Crippen LogP) is 1.25. The van der Waals surface area contributed by atoms with Gasteiger partial charge in [0, 0.05) is 0 Å². The van der Waals surface area contributed by atoms with Crippen LogP contribution in [0.2, 0.25) is 0 Å². The number of benzene rings is 1. The zero-order valence-electron chi connectivity index (χ0n) is 17.9. The van der Waals surface area contributed by atoms with Gasteiger partial charge >= 0.3 is 17.9 Å². The van der Waals surface area contributed by atoms with Gasteiger partial charge in [0.15, 0.2) is 6.10 Å². The van der Waals surface area contributed by atoms with Crippen molar-refractivity contribution in [1.29, 1.82) is 0 Å². The highest BCUT2D eigenvalue weighted by Crippen LogP contribution is 2.24. The molecule has 1 aliphatic rings. The van der Waals surface area contributed by atoms with Gasteiger partial charge in [0.2, 0.25) is 6.29 Å². The smallest absolute Gasteiger partial charge is 0.341 e. The van der Waals surface area contributed by atoms with E-state index < -0.39 is 48.6 Å². The van der Waals surface area contributed by atoms with Gasteiger partial charge in [0.05, 0.1) is 17.7 Å². The van der Waals surface area contributed by atoms with Crippen molar-refractivity contribution < 1.29 is 49.0 Å². The van der Waals surface area contributed by atoms with Crippen LogP contribution in [-0.2, 0) is 19.0 Å². The second-order valence-electron chi connectivity index (χ2n) is 7.59. The number of carbonyl (C=O) groups excluding carboxylic acids is 2. The first-order valence-corrected chi connectivity index (χ1v) is 10.7. The third kappa shape index (κ3) is 6.73. The molecule has 32 heavy (non-hydrogen) atoms. The molecular formula is C22H30O10. The Morgan fingerprint density at radius 3 is 2.09 bits per heavy atom. The lowest BCUT2D eigenvalue weighted by atomic mass is 9.99. The van der Waals surface area contributed by atoms with E-state index in [0.717, 1.165) is 32.1 Å². The third-order valence-electron chi connectivity index (χ3n) is 5.13. The molecular weight excluding hydrogens is 424 g/mol. The molecule has 0 aliphatic carbocycles. The molecule has 4 N–H and O–H groups in total. The maximum atomic E-state index is 12.6. The minimum Gasteiger partial charge on any atom is -0.479 e. The summed E-state index contributed by atoms with van der Waals surface area (Å²) in [6.07, 6.45) is -3.40. The summed E-state index contributed by atoms with van der Waals surface area (Å²) in [7, 11) is 0. The topological polar surface area (TPSA) is 160 Å². The van der Waals surface area contributed by atoms with Gasteiger partial charge in [-0.15, -0.1) is 0 Å². The van der Waals surface area contributed by atoms with Crippen molar-refractivity contribution >= 4 is 17.9 Å². The third-order valence-corrected chi connectivity index (χ3v) is 5.13. The van der Waals surface area contributed by atoms with E-state index in [9.17, 15) is 29.7 Å². The van der Waals surface area contributed by atoms with E-state index in [2.05, 4.69) is 6.92 Å². The fourth-order valence-corrected chi connectivity index (χ4v) is 3.28. The van der Waals surface area contributed by atoms with Crippen molar-refractivity contribution in [2.24, 2.45) is 0 Å². The summed E-state index contributed by atoms with van der Waals surface area (Å²) >= 11 is 0. The zero-order valence-corrected chi connectivity index (χ0v) is 17.9. The van der Waals surface area contributed by atoms with Crippen LogP contribution in [0.1, 0.15) is 66.2 Å². The van der Waals surface area contributed by atoms with Crippen LogP contribution in [0.5, 0.6) is 0 Å². The number of aliphatic hydroxyl groups is 3. The Kier molecular flexibility index (Phi) is 10.0. The van der Waals surface area contributed by atoms with E-state index in [1.54, 1.807) is 0 Å². The molecule has 0 bridgehead atoms. The Hall–Kier alpha value is -2.53. The minimum atomic E-state index is -1.92. The van der Waals surface area contributed by atoms with E-state index in [-0.39, 0.29) is 17.7 Å². The van der Waals surface area contributed by atoms with Gasteiger partial charge in [-0.25, -0.2) is 14.4 Å². The second kappa shape index (κ2) is 12.5. The van der Waals surface area contributed by atoms with Crippen molar-refractivity contribution in [2.45, 2.75) is 76.2 Å². The second-order valence-corrected chi connectivity index (χ2v) is 7.59. The predicted molar refractivity (Wildman–Crippen MR) is 110 cm³/mol. The van der Waals surface area contributed by atoms with Crippen LogP contribution in [0.25, 0.3) is 0 Å². The maximum absolute atomic E-state index is 12.6. The molecule has 0 radical (unpaired) electrons. The van der Waals surface area contributed by atoms with Gasteiger partial charge in [-0.05, 0) is 18.6 Å². The molecule has 2 rings (SSSR count). The molecule has 178 valence electrons. The number of carboxylic acid groups (broad SMARTS) is 1. The number of hydrogen-bond donors (Lipinski definition) is 4. The molecule has 1 heterocycles. The quantitative estimate of drug-likeness (QED) is 0.283. The fraction of sp³-hybridized carbons (Fsp3) is 0.591. The molecule has 0 aromatic heterocycles. The Labute approximate surface area is 185 Å². The Morgan fingerprint density at radius 2 is 1.47 bits per heavy atom. The van der Waals surface area contributed by atoms with Crippen LogP contribution >= 0.6 is 0 Å². The maximum Gasteiger partial charge on any atom is 0.341 e. The minimum absolute atomic E-state index is 0.0656. The van der Waals surface area contributed by atoms with Gasteiger partial charge in [0.25, 0.3) is 0 Å². The summed E-state index contributed by atoms with van der Waals surface area (Å²) in [6, 6.07) is 5.69. The molecule has 1 aliphatic heterocycles. The highest BCUT2D eigenvalue weighted by atomic mass is 16.7. The first-order valence-electron chi connectivity index (χ1n) is 10.7. The number of carboxylic acids is 1. The Bertz CT molecular complexity index is 780. The Morgan fingerprint density at radius 1 is 0.875 bits per heavy atom. The Balaban J connectivity index is 1.99. The number of unbranched alkanes of at least 4 members (excludes halogenated alkanes) is 5. The molecule has 10 heteroatoms. The number of carbonyl (C=O) groups is 3. The van der Waals surface area contributed by atoms with E-state index in [1.165, 1.54) is 24.3 Å². The molecule has 0 spiro atoms. The summed E-state index contributed by atoms with van der Waals surface area (Å²) in [5, 5.41) is 38.6. The SMILES string of the molecule is CCCCCCCCOC(=O)c1ccccc1C(=O)O[C@@H]1O[C@H](C(=O)O)[C@@H](O)[C@H](O)[C@H]1O. The summed E-state index contributed by atoms with van der Waals surface area (Å²) in [4.78, 5) is 36.2. The average Bonchev–Trinajstić information content (AvgIpc) is 2.78. The lowest BCUT2D eigenvalue weighted by molar-refractivity contribution is -0.278. The molecule has 1 aromatic rings. The first kappa shape index (κ1) is 25.7.